The van der Waals surface area contributed by atoms with E-state index in [-0.39, 0.29) is 29.9 Å². The molecular formula is C27H38N4O4. The minimum Gasteiger partial charge on any atom is -0.491 e. The molecule has 35 heavy (non-hydrogen) atoms. The molecule has 8 heteroatoms. The second-order valence-electron chi connectivity index (χ2n) is 9.39. The van der Waals surface area contributed by atoms with Gasteiger partial charge in [-0.15, -0.1) is 0 Å². The smallest absolute Gasteiger partial charge is 0.257 e. The number of nitrogens with one attached hydrogen (secondary N) is 1. The molecule has 1 N–H and O–H groups in total. The number of aromatic nitrogens is 1. The number of nitrogens with zero attached hydrogens (tertiary/aromatic N) is 3. The Morgan fingerprint density at radius 3 is 2.63 bits per heavy atom. The number of fused-ring (bicyclic) bond motifs is 1. The topological polar surface area (TPSA) is 84.0 Å². The molecule has 0 unspecified atom stereocenters. The van der Waals surface area contributed by atoms with Gasteiger partial charge in [0, 0.05) is 64.3 Å². The minimum absolute atomic E-state index is 0.0732. The van der Waals surface area contributed by atoms with Gasteiger partial charge < -0.3 is 19.7 Å². The van der Waals surface area contributed by atoms with Crippen LogP contribution in [0.15, 0.2) is 42.7 Å². The molecule has 0 radical (unpaired) electrons. The van der Waals surface area contributed by atoms with Crippen LogP contribution < -0.4 is 10.1 Å². The van der Waals surface area contributed by atoms with E-state index < -0.39 is 0 Å². The second-order valence-corrected chi connectivity index (χ2v) is 9.39. The number of ether oxygens (including phenoxy) is 2. The summed E-state index contributed by atoms with van der Waals surface area (Å²) in [5.74, 6) is 0.449. The summed E-state index contributed by atoms with van der Waals surface area (Å²) in [7, 11) is 3.47. The third-order valence-electron chi connectivity index (χ3n) is 6.47. The summed E-state index contributed by atoms with van der Waals surface area (Å²) >= 11 is 0. The number of carbonyl (C=O) groups excluding carboxylic acids is 2. The Bertz CT molecular complexity index is 984. The van der Waals surface area contributed by atoms with Crippen molar-refractivity contribution in [1.82, 2.24) is 14.8 Å². The van der Waals surface area contributed by atoms with Crippen molar-refractivity contribution in [2.24, 2.45) is 5.92 Å². The van der Waals surface area contributed by atoms with Gasteiger partial charge in [-0.3, -0.25) is 19.5 Å². The number of methoxy groups -OCH3 is 1. The number of benzene rings is 1. The summed E-state index contributed by atoms with van der Waals surface area (Å²) in [5, 5.41) is 2.88. The summed E-state index contributed by atoms with van der Waals surface area (Å²) in [6.45, 7) is 8.66. The zero-order valence-electron chi connectivity index (χ0n) is 21.5. The van der Waals surface area contributed by atoms with E-state index in [2.05, 4.69) is 29.0 Å². The largest absolute Gasteiger partial charge is 0.491 e. The molecule has 3 atom stereocenters. The predicted molar refractivity (Wildman–Crippen MR) is 137 cm³/mol. The van der Waals surface area contributed by atoms with Gasteiger partial charge in [0.25, 0.3) is 5.91 Å². The van der Waals surface area contributed by atoms with E-state index in [1.165, 1.54) is 5.56 Å². The normalized spacial score (nSPS) is 21.9. The molecule has 1 aliphatic rings. The highest BCUT2D eigenvalue weighted by molar-refractivity contribution is 5.99. The van der Waals surface area contributed by atoms with Crippen LogP contribution in [-0.2, 0) is 16.1 Å². The molecule has 0 saturated heterocycles. The predicted octanol–water partition coefficient (Wildman–Crippen LogP) is 3.83. The van der Waals surface area contributed by atoms with E-state index in [0.29, 0.717) is 36.6 Å². The van der Waals surface area contributed by atoms with Crippen LogP contribution in [0.1, 0.15) is 49.5 Å². The molecule has 0 saturated carbocycles. The highest BCUT2D eigenvalue weighted by atomic mass is 16.5. The molecule has 2 aromatic rings. The summed E-state index contributed by atoms with van der Waals surface area (Å²) in [4.78, 5) is 33.7. The quantitative estimate of drug-likeness (QED) is 0.674. The van der Waals surface area contributed by atoms with Crippen LogP contribution in [0, 0.1) is 5.92 Å². The van der Waals surface area contributed by atoms with Crippen LogP contribution in [0.3, 0.4) is 0 Å². The molecule has 0 aliphatic carbocycles. The molecule has 3 rings (SSSR count). The van der Waals surface area contributed by atoms with E-state index in [9.17, 15) is 9.59 Å². The van der Waals surface area contributed by atoms with Gasteiger partial charge in [-0.05, 0) is 55.2 Å². The van der Waals surface area contributed by atoms with Gasteiger partial charge in [0.05, 0.1) is 11.7 Å². The zero-order chi connectivity index (χ0) is 25.4. The first-order chi connectivity index (χ1) is 16.8. The van der Waals surface area contributed by atoms with Crippen molar-refractivity contribution in [2.45, 2.75) is 52.3 Å². The van der Waals surface area contributed by atoms with Crippen LogP contribution in [0.25, 0.3) is 0 Å². The molecule has 1 aromatic carbocycles. The fourth-order valence-corrected chi connectivity index (χ4v) is 4.32. The SMILES string of the molecule is CCCC(=O)Nc1ccc2c(c1)C(=O)N(C)C[C@@H](OC)[C@H](C)CN(Cc1ccncc1)[C@@H](C)CO2. The standard InChI is InChI=1S/C27H38N4O4/c1-6-7-26(32)29-22-8-9-24-23(14-22)27(33)30(4)17-25(34-5)19(2)15-31(20(3)18-35-24)16-21-10-12-28-13-11-21/h8-14,19-20,25H,6-7,15-18H2,1-5H3,(H,29,32)/t19-,20+,25-/m1/s1. The third kappa shape index (κ3) is 7.26. The van der Waals surface area contributed by atoms with E-state index in [1.807, 2.05) is 31.5 Å². The number of hydrogen-bond donors (Lipinski definition) is 1. The number of pyridine rings is 1. The number of anilines is 1. The third-order valence-corrected chi connectivity index (χ3v) is 6.47. The van der Waals surface area contributed by atoms with Gasteiger partial charge in [-0.1, -0.05) is 13.8 Å². The van der Waals surface area contributed by atoms with Gasteiger partial charge in [0.1, 0.15) is 12.4 Å². The van der Waals surface area contributed by atoms with Crippen LogP contribution in [0.4, 0.5) is 5.69 Å². The van der Waals surface area contributed by atoms with E-state index in [4.69, 9.17) is 9.47 Å². The maximum Gasteiger partial charge on any atom is 0.257 e. The van der Waals surface area contributed by atoms with Crippen molar-refractivity contribution >= 4 is 17.5 Å². The summed E-state index contributed by atoms with van der Waals surface area (Å²) in [6.07, 6.45) is 4.67. The molecule has 0 fully saturated rings. The Kier molecular flexibility index (Phi) is 9.63. The van der Waals surface area contributed by atoms with E-state index >= 15 is 0 Å². The lowest BCUT2D eigenvalue weighted by Gasteiger charge is -2.36. The fourth-order valence-electron chi connectivity index (χ4n) is 4.32. The van der Waals surface area contributed by atoms with Gasteiger partial charge in [-0.25, -0.2) is 0 Å². The number of rotatable bonds is 6. The average molecular weight is 483 g/mol. The number of likely N-dealkylation sites (N-methyl/N-ethyl adjacent to an activating group) is 1. The maximum atomic E-state index is 13.4. The minimum atomic E-state index is -0.164. The Hall–Kier alpha value is -2.97. The molecule has 1 aromatic heterocycles. The number of hydrogen-bond acceptors (Lipinski definition) is 6. The molecule has 2 amide bonds. The first kappa shape index (κ1) is 26.6. The first-order valence-electron chi connectivity index (χ1n) is 12.3. The average Bonchev–Trinajstić information content (AvgIpc) is 2.85. The Balaban J connectivity index is 1.92. The molecule has 0 bridgehead atoms. The zero-order valence-corrected chi connectivity index (χ0v) is 21.5. The van der Waals surface area contributed by atoms with Crippen LogP contribution in [0.2, 0.25) is 0 Å². The summed E-state index contributed by atoms with van der Waals surface area (Å²) in [5.41, 5.74) is 2.20. The van der Waals surface area contributed by atoms with Gasteiger partial charge in [-0.2, -0.15) is 0 Å². The van der Waals surface area contributed by atoms with E-state index in [0.717, 1.165) is 19.5 Å². The van der Waals surface area contributed by atoms with Crippen molar-refractivity contribution in [2.75, 3.05) is 39.2 Å². The molecule has 2 heterocycles. The van der Waals surface area contributed by atoms with Crippen molar-refractivity contribution < 1.29 is 19.1 Å². The molecule has 0 spiro atoms. The fraction of sp³-hybridized carbons (Fsp3) is 0.519. The van der Waals surface area contributed by atoms with E-state index in [1.54, 1.807) is 37.3 Å². The Morgan fingerprint density at radius 1 is 1.20 bits per heavy atom. The lowest BCUT2D eigenvalue weighted by molar-refractivity contribution is -0.116. The lowest BCUT2D eigenvalue weighted by Crippen LogP contribution is -2.46. The van der Waals surface area contributed by atoms with Gasteiger partial charge in [0.15, 0.2) is 0 Å². The first-order valence-corrected chi connectivity index (χ1v) is 12.3. The number of amides is 2. The molecule has 190 valence electrons. The second kappa shape index (κ2) is 12.7. The monoisotopic (exact) mass is 482 g/mol. The Labute approximate surface area is 208 Å². The summed E-state index contributed by atoms with van der Waals surface area (Å²) < 4.78 is 12.0. The van der Waals surface area contributed by atoms with Crippen molar-refractivity contribution in [3.63, 3.8) is 0 Å². The summed E-state index contributed by atoms with van der Waals surface area (Å²) in [6, 6.07) is 9.40. The highest BCUT2D eigenvalue weighted by Crippen LogP contribution is 2.27. The van der Waals surface area contributed by atoms with Crippen molar-refractivity contribution in [1.29, 1.82) is 0 Å². The van der Waals surface area contributed by atoms with Gasteiger partial charge >= 0.3 is 0 Å². The highest BCUT2D eigenvalue weighted by Gasteiger charge is 2.28. The molecular weight excluding hydrogens is 444 g/mol. The number of carbonyl (C=O) groups is 2. The van der Waals surface area contributed by atoms with Crippen molar-refractivity contribution in [3.05, 3.63) is 53.9 Å². The van der Waals surface area contributed by atoms with Gasteiger partial charge in [0.2, 0.25) is 5.91 Å². The van der Waals surface area contributed by atoms with Crippen LogP contribution >= 0.6 is 0 Å². The van der Waals surface area contributed by atoms with Crippen LogP contribution in [-0.4, -0.2) is 72.6 Å². The van der Waals surface area contributed by atoms with Crippen molar-refractivity contribution in [3.8, 4) is 5.75 Å². The lowest BCUT2D eigenvalue weighted by atomic mass is 10.0. The van der Waals surface area contributed by atoms with Crippen LogP contribution in [0.5, 0.6) is 5.75 Å². The molecule has 1 aliphatic heterocycles. The Morgan fingerprint density at radius 2 is 1.94 bits per heavy atom. The molecule has 8 nitrogen and oxygen atoms in total. The maximum absolute atomic E-state index is 13.4.